The van der Waals surface area contributed by atoms with Crippen LogP contribution in [-0.4, -0.2) is 17.8 Å². The summed E-state index contributed by atoms with van der Waals surface area (Å²) in [6.45, 7) is 4.14. The number of ether oxygens (including phenoxy) is 1. The molecule has 166 valence electrons. The third-order valence-electron chi connectivity index (χ3n) is 5.11. The van der Waals surface area contributed by atoms with E-state index in [1.165, 1.54) is 6.08 Å². The fraction of sp³-hybridized carbons (Fsp3) is 0.115. The lowest BCUT2D eigenvalue weighted by molar-refractivity contribution is -0.122. The van der Waals surface area contributed by atoms with E-state index in [4.69, 9.17) is 16.3 Å². The molecular formula is C26H21ClN2O4. The maximum atomic E-state index is 13.2. The van der Waals surface area contributed by atoms with Gasteiger partial charge in [-0.1, -0.05) is 53.6 Å². The van der Waals surface area contributed by atoms with Crippen molar-refractivity contribution in [2.75, 3.05) is 4.90 Å². The summed E-state index contributed by atoms with van der Waals surface area (Å²) in [6.07, 6.45) is 1.39. The molecule has 7 heteroatoms. The number of barbiturate groups is 1. The van der Waals surface area contributed by atoms with Crippen molar-refractivity contribution in [1.29, 1.82) is 0 Å². The van der Waals surface area contributed by atoms with Gasteiger partial charge in [0.15, 0.2) is 0 Å². The summed E-state index contributed by atoms with van der Waals surface area (Å²) in [5.41, 5.74) is 3.59. The molecule has 3 aromatic rings. The maximum absolute atomic E-state index is 13.2. The lowest BCUT2D eigenvalue weighted by atomic mass is 10.1. The Hall–Kier alpha value is -3.90. The van der Waals surface area contributed by atoms with Crippen LogP contribution in [0.2, 0.25) is 5.02 Å². The van der Waals surface area contributed by atoms with Crippen molar-refractivity contribution < 1.29 is 19.1 Å². The number of benzene rings is 3. The zero-order valence-corrected chi connectivity index (χ0v) is 18.8. The Morgan fingerprint density at radius 3 is 2.39 bits per heavy atom. The zero-order chi connectivity index (χ0) is 23.5. The largest absolute Gasteiger partial charge is 0.488 e. The van der Waals surface area contributed by atoms with Crippen molar-refractivity contribution in [3.63, 3.8) is 0 Å². The zero-order valence-electron chi connectivity index (χ0n) is 18.1. The molecule has 1 aliphatic rings. The summed E-state index contributed by atoms with van der Waals surface area (Å²) in [6, 6.07) is 19.0. The van der Waals surface area contributed by atoms with Crippen molar-refractivity contribution in [2.24, 2.45) is 0 Å². The Bertz CT molecular complexity index is 1300. The van der Waals surface area contributed by atoms with Crippen molar-refractivity contribution in [2.45, 2.75) is 20.5 Å². The molecule has 1 saturated heterocycles. The van der Waals surface area contributed by atoms with Gasteiger partial charge in [-0.05, 0) is 61.4 Å². The van der Waals surface area contributed by atoms with Crippen LogP contribution in [0.15, 0.2) is 72.3 Å². The summed E-state index contributed by atoms with van der Waals surface area (Å²) < 4.78 is 5.97. The van der Waals surface area contributed by atoms with Gasteiger partial charge < -0.3 is 4.74 Å². The van der Waals surface area contributed by atoms with Gasteiger partial charge in [-0.15, -0.1) is 0 Å². The highest BCUT2D eigenvalue weighted by atomic mass is 35.5. The fourth-order valence-electron chi connectivity index (χ4n) is 3.54. The second kappa shape index (κ2) is 9.30. The molecule has 1 heterocycles. The lowest BCUT2D eigenvalue weighted by Gasteiger charge is -2.26. The SMILES string of the molecule is Cc1cccc(COc2ccc(Cl)cc2/C=C2\C(=O)NC(=O)N(c3cccc(C)c3)C2=O)c1. The van der Waals surface area contributed by atoms with Crippen molar-refractivity contribution >= 4 is 41.2 Å². The van der Waals surface area contributed by atoms with Gasteiger partial charge in [-0.3, -0.25) is 14.9 Å². The predicted octanol–water partition coefficient (Wildman–Crippen LogP) is 5.20. The highest BCUT2D eigenvalue weighted by Crippen LogP contribution is 2.28. The van der Waals surface area contributed by atoms with Gasteiger partial charge in [0.1, 0.15) is 17.9 Å². The second-order valence-corrected chi connectivity index (χ2v) is 8.19. The summed E-state index contributed by atoms with van der Waals surface area (Å²) in [7, 11) is 0. The number of hydrogen-bond acceptors (Lipinski definition) is 4. The molecule has 0 aliphatic carbocycles. The fourth-order valence-corrected chi connectivity index (χ4v) is 3.72. The number of rotatable bonds is 5. The van der Waals surface area contributed by atoms with E-state index in [0.717, 1.165) is 21.6 Å². The highest BCUT2D eigenvalue weighted by Gasteiger charge is 2.37. The number of anilines is 1. The summed E-state index contributed by atoms with van der Waals surface area (Å²) >= 11 is 6.18. The van der Waals surface area contributed by atoms with E-state index in [-0.39, 0.29) is 5.57 Å². The number of aryl methyl sites for hydroxylation is 2. The molecule has 0 radical (unpaired) electrons. The summed E-state index contributed by atoms with van der Waals surface area (Å²) in [4.78, 5) is 39.1. The molecule has 1 fully saturated rings. The van der Waals surface area contributed by atoms with E-state index in [0.29, 0.717) is 28.6 Å². The molecule has 0 bridgehead atoms. The van der Waals surface area contributed by atoms with Gasteiger partial charge in [0.05, 0.1) is 5.69 Å². The molecule has 1 N–H and O–H groups in total. The van der Waals surface area contributed by atoms with Crippen LogP contribution in [0.5, 0.6) is 5.75 Å². The first-order chi connectivity index (χ1) is 15.8. The Labute approximate surface area is 196 Å². The first kappa shape index (κ1) is 22.3. The van der Waals surface area contributed by atoms with Crippen LogP contribution in [-0.2, 0) is 16.2 Å². The third kappa shape index (κ3) is 4.96. The van der Waals surface area contributed by atoms with E-state index >= 15 is 0 Å². The number of nitrogens with zero attached hydrogens (tertiary/aromatic N) is 1. The molecule has 4 amide bonds. The standard InChI is InChI=1S/C26H21ClN2O4/c1-16-5-3-7-18(11-16)15-33-23-10-9-20(27)13-19(23)14-22-24(30)28-26(32)29(25(22)31)21-8-4-6-17(2)12-21/h3-14H,15H2,1-2H3,(H,28,30,32)/b22-14+. The number of carbonyl (C=O) groups is 3. The minimum atomic E-state index is -0.797. The van der Waals surface area contributed by atoms with Crippen LogP contribution in [0.1, 0.15) is 22.3 Å². The van der Waals surface area contributed by atoms with E-state index in [2.05, 4.69) is 5.32 Å². The van der Waals surface area contributed by atoms with Crippen molar-refractivity contribution in [3.05, 3.63) is 99.6 Å². The predicted molar refractivity (Wildman–Crippen MR) is 127 cm³/mol. The number of imide groups is 2. The number of urea groups is 1. The van der Waals surface area contributed by atoms with Crippen LogP contribution in [0.4, 0.5) is 10.5 Å². The molecule has 3 aromatic carbocycles. The van der Waals surface area contributed by atoms with Gasteiger partial charge >= 0.3 is 6.03 Å². The van der Waals surface area contributed by atoms with Crippen molar-refractivity contribution in [3.8, 4) is 5.75 Å². The number of amides is 4. The molecular weight excluding hydrogens is 440 g/mol. The first-order valence-corrected chi connectivity index (χ1v) is 10.7. The maximum Gasteiger partial charge on any atom is 0.335 e. The molecule has 0 spiro atoms. The summed E-state index contributed by atoms with van der Waals surface area (Å²) in [5.74, 6) is -1.05. The monoisotopic (exact) mass is 460 g/mol. The topological polar surface area (TPSA) is 75.7 Å². The smallest absolute Gasteiger partial charge is 0.335 e. The highest BCUT2D eigenvalue weighted by molar-refractivity contribution is 6.39. The van der Waals surface area contributed by atoms with Crippen molar-refractivity contribution in [1.82, 2.24) is 5.32 Å². The second-order valence-electron chi connectivity index (χ2n) is 7.76. The average molecular weight is 461 g/mol. The Balaban J connectivity index is 1.68. The molecule has 4 rings (SSSR count). The van der Waals surface area contributed by atoms with Gasteiger partial charge in [-0.2, -0.15) is 0 Å². The molecule has 0 atom stereocenters. The Morgan fingerprint density at radius 2 is 1.67 bits per heavy atom. The normalized spacial score (nSPS) is 15.1. The third-order valence-corrected chi connectivity index (χ3v) is 5.35. The van der Waals surface area contributed by atoms with Crippen LogP contribution >= 0.6 is 11.6 Å². The van der Waals surface area contributed by atoms with Gasteiger partial charge in [0.25, 0.3) is 11.8 Å². The molecule has 0 saturated carbocycles. The minimum Gasteiger partial charge on any atom is -0.488 e. The van der Waals surface area contributed by atoms with Crippen LogP contribution in [0.25, 0.3) is 6.08 Å². The van der Waals surface area contributed by atoms with Gasteiger partial charge in [-0.25, -0.2) is 9.69 Å². The molecule has 0 aromatic heterocycles. The summed E-state index contributed by atoms with van der Waals surface area (Å²) in [5, 5.41) is 2.65. The van der Waals surface area contributed by atoms with E-state index < -0.39 is 17.8 Å². The molecule has 0 unspecified atom stereocenters. The molecule has 6 nitrogen and oxygen atoms in total. The Morgan fingerprint density at radius 1 is 0.939 bits per heavy atom. The van der Waals surface area contributed by atoms with Crippen LogP contribution in [0.3, 0.4) is 0 Å². The van der Waals surface area contributed by atoms with Gasteiger partial charge in [0, 0.05) is 10.6 Å². The average Bonchev–Trinajstić information content (AvgIpc) is 2.76. The number of halogens is 1. The quantitative estimate of drug-likeness (QED) is 0.419. The first-order valence-electron chi connectivity index (χ1n) is 10.3. The Kier molecular flexibility index (Phi) is 6.29. The van der Waals surface area contributed by atoms with E-state index in [1.54, 1.807) is 36.4 Å². The molecule has 33 heavy (non-hydrogen) atoms. The molecule has 1 aliphatic heterocycles. The van der Waals surface area contributed by atoms with E-state index in [1.807, 2.05) is 44.2 Å². The number of hydrogen-bond donors (Lipinski definition) is 1. The van der Waals surface area contributed by atoms with E-state index in [9.17, 15) is 14.4 Å². The van der Waals surface area contributed by atoms with Crippen LogP contribution in [0, 0.1) is 13.8 Å². The minimum absolute atomic E-state index is 0.196. The lowest BCUT2D eigenvalue weighted by Crippen LogP contribution is -2.54. The van der Waals surface area contributed by atoms with Crippen LogP contribution < -0.4 is 15.0 Å². The van der Waals surface area contributed by atoms with Gasteiger partial charge in [0.2, 0.25) is 0 Å². The number of carbonyl (C=O) groups excluding carboxylic acids is 3. The number of nitrogens with one attached hydrogen (secondary N) is 1.